The van der Waals surface area contributed by atoms with Crippen molar-refractivity contribution in [2.24, 2.45) is 0 Å². The summed E-state index contributed by atoms with van der Waals surface area (Å²) in [7, 11) is 0. The fourth-order valence-corrected chi connectivity index (χ4v) is 0.846. The van der Waals surface area contributed by atoms with E-state index >= 15 is 0 Å². The summed E-state index contributed by atoms with van der Waals surface area (Å²) in [4.78, 5) is 9.69. The second-order valence-electron chi connectivity index (χ2n) is 2.25. The van der Waals surface area contributed by atoms with Crippen LogP contribution in [0.3, 0.4) is 0 Å². The van der Waals surface area contributed by atoms with Crippen molar-refractivity contribution in [3.63, 3.8) is 0 Å². The average Bonchev–Trinajstić information content (AvgIpc) is 2.14. The molecule has 0 saturated carbocycles. The van der Waals surface area contributed by atoms with Crippen LogP contribution in [0.25, 0.3) is 0 Å². The van der Waals surface area contributed by atoms with E-state index in [0.29, 0.717) is 0 Å². The Balaban J connectivity index is 3.45. The normalized spacial score (nSPS) is 16.8. The molecule has 0 atom stereocenters. The summed E-state index contributed by atoms with van der Waals surface area (Å²) in [6, 6.07) is 2.37. The van der Waals surface area contributed by atoms with Crippen molar-refractivity contribution in [1.29, 1.82) is 0 Å². The molecule has 0 radical (unpaired) electrons. The molecule has 0 amide bonds. The molecule has 0 bridgehead atoms. The summed E-state index contributed by atoms with van der Waals surface area (Å²) in [5, 5.41) is 28.7. The molecule has 0 heterocycles. The molecule has 0 saturated heterocycles. The van der Waals surface area contributed by atoms with E-state index in [1.54, 1.807) is 0 Å². The fourth-order valence-electron chi connectivity index (χ4n) is 0.846. The molecule has 0 spiro atoms. The number of hydrogen-bond donors (Lipinski definition) is 2. The van der Waals surface area contributed by atoms with E-state index in [1.807, 2.05) is 0 Å². The molecule has 0 fully saturated rings. The van der Waals surface area contributed by atoms with Gasteiger partial charge in [-0.1, -0.05) is 6.07 Å². The zero-order valence-corrected chi connectivity index (χ0v) is 6.39. The van der Waals surface area contributed by atoms with Gasteiger partial charge >= 0.3 is 0 Å². The van der Waals surface area contributed by atoms with Gasteiger partial charge in [0.2, 0.25) is 0 Å². The Bertz CT molecular complexity index is 420. The van der Waals surface area contributed by atoms with Crippen LogP contribution in [0.15, 0.2) is 18.2 Å². The SMILES string of the molecule is [2H]C([2H])(O)c1cc([N+](=O)[O-])cc(C([2H])([2H])O)c1. The molecular weight excluding hydrogens is 174 g/mol. The van der Waals surface area contributed by atoms with Crippen molar-refractivity contribution in [1.82, 2.24) is 0 Å². The highest BCUT2D eigenvalue weighted by Crippen LogP contribution is 2.17. The van der Waals surface area contributed by atoms with Crippen molar-refractivity contribution in [3.8, 4) is 0 Å². The van der Waals surface area contributed by atoms with Gasteiger partial charge in [-0.15, -0.1) is 0 Å². The predicted molar refractivity (Wildman–Crippen MR) is 44.9 cm³/mol. The van der Waals surface area contributed by atoms with Crippen LogP contribution in [0.4, 0.5) is 5.69 Å². The van der Waals surface area contributed by atoms with Crippen LogP contribution in [-0.2, 0) is 13.1 Å². The first-order chi connectivity index (χ1) is 7.51. The average molecular weight is 187 g/mol. The molecule has 0 aliphatic heterocycles. The first-order valence-corrected chi connectivity index (χ1v) is 3.27. The molecule has 5 heteroatoms. The highest BCUT2D eigenvalue weighted by atomic mass is 16.6. The molecule has 0 aliphatic rings. The molecule has 13 heavy (non-hydrogen) atoms. The first-order valence-electron chi connectivity index (χ1n) is 5.27. The van der Waals surface area contributed by atoms with E-state index in [4.69, 9.17) is 15.7 Å². The predicted octanol–water partition coefficient (Wildman–Crippen LogP) is 0.579. The number of rotatable bonds is 3. The Morgan fingerprint density at radius 3 is 2.08 bits per heavy atom. The Morgan fingerprint density at radius 2 is 1.77 bits per heavy atom. The Kier molecular flexibility index (Phi) is 1.62. The van der Waals surface area contributed by atoms with Gasteiger partial charge in [0.05, 0.1) is 23.5 Å². The number of non-ortho nitro benzene ring substituents is 1. The van der Waals surface area contributed by atoms with E-state index in [2.05, 4.69) is 0 Å². The monoisotopic (exact) mass is 187 g/mol. The van der Waals surface area contributed by atoms with Crippen molar-refractivity contribution in [2.75, 3.05) is 0 Å². The van der Waals surface area contributed by atoms with E-state index in [0.717, 1.165) is 18.2 Å². The lowest BCUT2D eigenvalue weighted by atomic mass is 10.1. The maximum Gasteiger partial charge on any atom is 0.270 e. The number of nitro benzene ring substituents is 1. The fraction of sp³-hybridized carbons (Fsp3) is 0.250. The van der Waals surface area contributed by atoms with Crippen molar-refractivity contribution >= 4 is 5.69 Å². The molecule has 0 unspecified atom stereocenters. The van der Waals surface area contributed by atoms with Gasteiger partial charge < -0.3 is 10.2 Å². The van der Waals surface area contributed by atoms with Crippen LogP contribution in [0.5, 0.6) is 0 Å². The number of nitrogens with zero attached hydrogens (tertiary/aromatic N) is 1. The van der Waals surface area contributed by atoms with Gasteiger partial charge in [-0.3, -0.25) is 10.1 Å². The minimum atomic E-state index is -2.86. The lowest BCUT2D eigenvalue weighted by molar-refractivity contribution is -0.385. The maximum atomic E-state index is 10.6. The zero-order chi connectivity index (χ0) is 13.4. The van der Waals surface area contributed by atoms with Gasteiger partial charge in [0.25, 0.3) is 5.69 Å². The second kappa shape index (κ2) is 3.97. The van der Waals surface area contributed by atoms with Crippen LogP contribution in [0.1, 0.15) is 16.6 Å². The van der Waals surface area contributed by atoms with Crippen molar-refractivity contribution in [2.45, 2.75) is 13.1 Å². The van der Waals surface area contributed by atoms with Crippen molar-refractivity contribution < 1.29 is 20.6 Å². The van der Waals surface area contributed by atoms with Gasteiger partial charge in [-0.2, -0.15) is 0 Å². The third-order valence-corrected chi connectivity index (χ3v) is 1.39. The number of nitro groups is 1. The lowest BCUT2D eigenvalue weighted by Crippen LogP contribution is -1.94. The summed E-state index contributed by atoms with van der Waals surface area (Å²) in [6.07, 6.45) is 0. The summed E-state index contributed by atoms with van der Waals surface area (Å²) in [5.74, 6) is 0. The standard InChI is InChI=1S/C8H9NO4/c10-4-6-1-7(5-11)3-8(2-6)9(12)13/h1-3,10-11H,4-5H2/i4D2,5D2. The topological polar surface area (TPSA) is 83.6 Å². The smallest absolute Gasteiger partial charge is 0.270 e. The molecule has 0 aromatic heterocycles. The molecular formula is C8H9NO4. The molecule has 5 nitrogen and oxygen atoms in total. The lowest BCUT2D eigenvalue weighted by Gasteiger charge is -2.00. The minimum absolute atomic E-state index is 0.500. The Hall–Kier alpha value is -1.46. The second-order valence-corrected chi connectivity index (χ2v) is 2.25. The molecule has 2 N–H and O–H groups in total. The highest BCUT2D eigenvalue weighted by molar-refractivity contribution is 5.38. The third kappa shape index (κ3) is 2.24. The summed E-state index contributed by atoms with van der Waals surface area (Å²) < 4.78 is 28.0. The van der Waals surface area contributed by atoms with Gasteiger partial charge in [-0.05, 0) is 11.1 Å². The summed E-state index contributed by atoms with van der Waals surface area (Å²) in [5.41, 5.74) is -1.62. The molecule has 70 valence electrons. The quantitative estimate of drug-likeness (QED) is 0.535. The van der Waals surface area contributed by atoms with E-state index in [9.17, 15) is 10.1 Å². The van der Waals surface area contributed by atoms with E-state index in [-0.39, 0.29) is 0 Å². The molecule has 1 aromatic carbocycles. The molecule has 0 aliphatic carbocycles. The number of benzene rings is 1. The van der Waals surface area contributed by atoms with E-state index < -0.39 is 34.9 Å². The number of hydrogen-bond acceptors (Lipinski definition) is 4. The van der Waals surface area contributed by atoms with Crippen LogP contribution in [0, 0.1) is 10.1 Å². The van der Waals surface area contributed by atoms with Gasteiger partial charge in [-0.25, -0.2) is 0 Å². The molecule has 1 aromatic rings. The van der Waals surface area contributed by atoms with Gasteiger partial charge in [0.15, 0.2) is 0 Å². The van der Waals surface area contributed by atoms with Crippen LogP contribution in [-0.4, -0.2) is 15.1 Å². The number of aliphatic hydroxyl groups is 2. The highest BCUT2D eigenvalue weighted by Gasteiger charge is 2.08. The van der Waals surface area contributed by atoms with Crippen molar-refractivity contribution in [3.05, 3.63) is 39.4 Å². The third-order valence-electron chi connectivity index (χ3n) is 1.39. The van der Waals surface area contributed by atoms with E-state index in [1.165, 1.54) is 0 Å². The Morgan fingerprint density at radius 1 is 1.31 bits per heavy atom. The van der Waals surface area contributed by atoms with Crippen LogP contribution < -0.4 is 0 Å². The van der Waals surface area contributed by atoms with Crippen LogP contribution in [0.2, 0.25) is 0 Å². The molecule has 1 rings (SSSR count). The summed E-state index contributed by atoms with van der Waals surface area (Å²) in [6.45, 7) is -5.71. The first kappa shape index (κ1) is 5.31. The Labute approximate surface area is 80.0 Å². The maximum absolute atomic E-state index is 10.6. The minimum Gasteiger partial charge on any atom is -0.392 e. The largest absolute Gasteiger partial charge is 0.392 e. The zero-order valence-electron chi connectivity index (χ0n) is 10.4. The van der Waals surface area contributed by atoms with Gasteiger partial charge in [0, 0.05) is 12.1 Å². The van der Waals surface area contributed by atoms with Crippen LogP contribution >= 0.6 is 0 Å². The van der Waals surface area contributed by atoms with Gasteiger partial charge in [0.1, 0.15) is 0 Å². The summed E-state index contributed by atoms with van der Waals surface area (Å²) >= 11 is 0.